The molecule has 0 spiro atoms. The average Bonchev–Trinajstić information content (AvgIpc) is 3.31. The SMILES string of the molecule is COCCCn1c(=S)[nH]c2cc(C(=O)Nc3cccnc3-n3cccn3)ccc2c1=O. The average molecular weight is 436 g/mol. The fraction of sp³-hybridized carbons (Fsp3) is 0.190. The second-order valence-corrected chi connectivity index (χ2v) is 7.16. The first kappa shape index (κ1) is 20.6. The van der Waals surface area contributed by atoms with Crippen LogP contribution in [0.1, 0.15) is 16.8 Å². The zero-order valence-electron chi connectivity index (χ0n) is 16.7. The molecule has 10 heteroatoms. The number of fused-ring (bicyclic) bond motifs is 1. The fourth-order valence-corrected chi connectivity index (χ4v) is 3.52. The molecule has 0 aliphatic heterocycles. The van der Waals surface area contributed by atoms with Crippen LogP contribution in [0.2, 0.25) is 0 Å². The molecule has 3 heterocycles. The van der Waals surface area contributed by atoms with E-state index in [1.54, 1.807) is 66.8 Å². The Morgan fingerprint density at radius 3 is 2.90 bits per heavy atom. The molecule has 1 aromatic carbocycles. The Bertz CT molecular complexity index is 1340. The van der Waals surface area contributed by atoms with Crippen molar-refractivity contribution in [3.8, 4) is 5.82 Å². The number of pyridine rings is 1. The highest BCUT2D eigenvalue weighted by molar-refractivity contribution is 7.71. The first-order valence-corrected chi connectivity index (χ1v) is 10.0. The lowest BCUT2D eigenvalue weighted by atomic mass is 10.1. The summed E-state index contributed by atoms with van der Waals surface area (Å²) >= 11 is 5.34. The van der Waals surface area contributed by atoms with Gasteiger partial charge in [0.1, 0.15) is 0 Å². The van der Waals surface area contributed by atoms with Gasteiger partial charge in [0.15, 0.2) is 10.6 Å². The molecule has 0 radical (unpaired) electrons. The molecule has 2 N–H and O–H groups in total. The van der Waals surface area contributed by atoms with Crippen LogP contribution in [0.15, 0.2) is 59.8 Å². The van der Waals surface area contributed by atoms with Gasteiger partial charge in [-0.1, -0.05) is 0 Å². The summed E-state index contributed by atoms with van der Waals surface area (Å²) < 4.78 is 8.42. The van der Waals surface area contributed by atoms with Crippen LogP contribution in [0.25, 0.3) is 16.7 Å². The smallest absolute Gasteiger partial charge is 0.262 e. The number of methoxy groups -OCH3 is 1. The van der Waals surface area contributed by atoms with Gasteiger partial charge in [0.2, 0.25) is 0 Å². The summed E-state index contributed by atoms with van der Waals surface area (Å²) in [6.45, 7) is 0.991. The minimum atomic E-state index is -0.341. The van der Waals surface area contributed by atoms with Crippen LogP contribution in [0.4, 0.5) is 5.69 Å². The zero-order chi connectivity index (χ0) is 21.8. The molecule has 31 heavy (non-hydrogen) atoms. The number of aromatic nitrogens is 5. The first-order chi connectivity index (χ1) is 15.1. The standard InChI is InChI=1S/C21H20N6O3S/c1-30-12-4-10-26-20(29)15-7-6-14(13-17(15)25-21(26)31)19(28)24-16-5-2-8-22-18(16)27-11-3-9-23-27/h2-3,5-9,11,13H,4,10,12H2,1H3,(H,24,28)(H,25,31). The molecule has 0 unspecified atom stereocenters. The number of rotatable bonds is 7. The van der Waals surface area contributed by atoms with E-state index in [2.05, 4.69) is 20.4 Å². The van der Waals surface area contributed by atoms with Crippen LogP contribution in [0.3, 0.4) is 0 Å². The second kappa shape index (κ2) is 9.02. The van der Waals surface area contributed by atoms with Crippen molar-refractivity contribution in [2.24, 2.45) is 0 Å². The van der Waals surface area contributed by atoms with E-state index >= 15 is 0 Å². The van der Waals surface area contributed by atoms with Crippen molar-refractivity contribution < 1.29 is 9.53 Å². The summed E-state index contributed by atoms with van der Waals surface area (Å²) in [5.41, 5.74) is 1.20. The Balaban J connectivity index is 1.64. The first-order valence-electron chi connectivity index (χ1n) is 9.60. The van der Waals surface area contributed by atoms with Crippen molar-refractivity contribution in [1.29, 1.82) is 0 Å². The molecular weight excluding hydrogens is 416 g/mol. The Morgan fingerprint density at radius 1 is 1.26 bits per heavy atom. The zero-order valence-corrected chi connectivity index (χ0v) is 17.6. The van der Waals surface area contributed by atoms with E-state index < -0.39 is 0 Å². The van der Waals surface area contributed by atoms with Gasteiger partial charge in [-0.3, -0.25) is 14.2 Å². The summed E-state index contributed by atoms with van der Waals surface area (Å²) in [6.07, 6.45) is 5.67. The number of amides is 1. The Labute approximate surface area is 182 Å². The highest BCUT2D eigenvalue weighted by atomic mass is 32.1. The number of nitrogens with zero attached hydrogens (tertiary/aromatic N) is 4. The quantitative estimate of drug-likeness (QED) is 0.341. The third kappa shape index (κ3) is 4.30. The number of carbonyl (C=O) groups excluding carboxylic acids is 1. The summed E-state index contributed by atoms with van der Waals surface area (Å²) in [7, 11) is 1.61. The molecular formula is C21H20N6O3S. The molecule has 3 aromatic heterocycles. The van der Waals surface area contributed by atoms with Crippen LogP contribution < -0.4 is 10.9 Å². The lowest BCUT2D eigenvalue weighted by Crippen LogP contribution is -2.23. The van der Waals surface area contributed by atoms with Gasteiger partial charge >= 0.3 is 0 Å². The number of anilines is 1. The van der Waals surface area contributed by atoms with Crippen LogP contribution in [0.5, 0.6) is 0 Å². The number of hydrogen-bond acceptors (Lipinski definition) is 6. The summed E-state index contributed by atoms with van der Waals surface area (Å²) in [5.74, 6) is 0.159. The number of hydrogen-bond donors (Lipinski definition) is 2. The van der Waals surface area contributed by atoms with Gasteiger partial charge in [-0.05, 0) is 55.0 Å². The molecule has 4 aromatic rings. The Kier molecular flexibility index (Phi) is 6.01. The van der Waals surface area contributed by atoms with Gasteiger partial charge < -0.3 is 15.0 Å². The Hall–Kier alpha value is -3.63. The topological polar surface area (TPSA) is 107 Å². The molecule has 9 nitrogen and oxygen atoms in total. The molecule has 0 bridgehead atoms. The highest BCUT2D eigenvalue weighted by Crippen LogP contribution is 2.18. The summed E-state index contributed by atoms with van der Waals surface area (Å²) in [5, 5.41) is 7.48. The van der Waals surface area contributed by atoms with Crippen molar-refractivity contribution in [3.05, 3.63) is 75.7 Å². The van der Waals surface area contributed by atoms with E-state index in [0.717, 1.165) is 0 Å². The summed E-state index contributed by atoms with van der Waals surface area (Å²) in [4.78, 5) is 33.0. The van der Waals surface area contributed by atoms with Gasteiger partial charge in [-0.2, -0.15) is 5.10 Å². The van der Waals surface area contributed by atoms with E-state index in [1.165, 1.54) is 4.57 Å². The highest BCUT2D eigenvalue weighted by Gasteiger charge is 2.13. The van der Waals surface area contributed by atoms with Crippen molar-refractivity contribution >= 4 is 34.7 Å². The summed E-state index contributed by atoms with van der Waals surface area (Å²) in [6, 6.07) is 10.1. The fourth-order valence-electron chi connectivity index (χ4n) is 3.23. The molecule has 0 fully saturated rings. The van der Waals surface area contributed by atoms with Crippen molar-refractivity contribution in [1.82, 2.24) is 24.3 Å². The van der Waals surface area contributed by atoms with E-state index in [0.29, 0.717) is 52.3 Å². The number of benzene rings is 1. The largest absolute Gasteiger partial charge is 0.385 e. The molecule has 0 aliphatic carbocycles. The number of carbonyl (C=O) groups is 1. The molecule has 4 rings (SSSR count). The maximum absolute atomic E-state index is 12.9. The molecule has 158 valence electrons. The molecule has 0 aliphatic rings. The van der Waals surface area contributed by atoms with Gasteiger partial charge in [0.05, 0.1) is 16.6 Å². The third-order valence-electron chi connectivity index (χ3n) is 4.73. The number of ether oxygens (including phenoxy) is 1. The van der Waals surface area contributed by atoms with Gasteiger partial charge in [0.25, 0.3) is 11.5 Å². The van der Waals surface area contributed by atoms with Crippen molar-refractivity contribution in [2.75, 3.05) is 19.0 Å². The molecule has 0 atom stereocenters. The lowest BCUT2D eigenvalue weighted by Gasteiger charge is -2.11. The maximum atomic E-state index is 12.9. The van der Waals surface area contributed by atoms with E-state index in [1.807, 2.05) is 0 Å². The minimum Gasteiger partial charge on any atom is -0.385 e. The van der Waals surface area contributed by atoms with Gasteiger partial charge in [-0.25, -0.2) is 9.67 Å². The number of aromatic amines is 1. The van der Waals surface area contributed by atoms with Gasteiger partial charge in [-0.15, -0.1) is 0 Å². The van der Waals surface area contributed by atoms with E-state index in [-0.39, 0.29) is 11.5 Å². The Morgan fingerprint density at radius 2 is 2.13 bits per heavy atom. The predicted octanol–water partition coefficient (Wildman–Crippen LogP) is 2.93. The van der Waals surface area contributed by atoms with Crippen molar-refractivity contribution in [2.45, 2.75) is 13.0 Å². The number of nitrogens with one attached hydrogen (secondary N) is 2. The van der Waals surface area contributed by atoms with Gasteiger partial charge in [0, 0.05) is 44.4 Å². The minimum absolute atomic E-state index is 0.199. The second-order valence-electron chi connectivity index (χ2n) is 6.77. The maximum Gasteiger partial charge on any atom is 0.262 e. The molecule has 0 saturated carbocycles. The monoisotopic (exact) mass is 436 g/mol. The van der Waals surface area contributed by atoms with Crippen molar-refractivity contribution in [3.63, 3.8) is 0 Å². The van der Waals surface area contributed by atoms with Crippen LogP contribution in [-0.2, 0) is 11.3 Å². The molecule has 1 amide bonds. The normalized spacial score (nSPS) is 11.0. The predicted molar refractivity (Wildman–Crippen MR) is 119 cm³/mol. The lowest BCUT2D eigenvalue weighted by molar-refractivity contribution is 0.102. The number of H-pyrrole nitrogens is 1. The third-order valence-corrected chi connectivity index (χ3v) is 5.05. The van der Waals surface area contributed by atoms with Crippen LogP contribution >= 0.6 is 12.2 Å². The van der Waals surface area contributed by atoms with Crippen LogP contribution in [-0.4, -0.2) is 43.9 Å². The van der Waals surface area contributed by atoms with Crippen LogP contribution in [0, 0.1) is 4.77 Å². The van der Waals surface area contributed by atoms with E-state index in [4.69, 9.17) is 17.0 Å². The van der Waals surface area contributed by atoms with E-state index in [9.17, 15) is 9.59 Å². The molecule has 0 saturated heterocycles.